The molecule has 1 aliphatic heterocycles. The Balaban J connectivity index is 1.58. The number of nitrogens with one attached hydrogen (secondary N) is 1. The summed E-state index contributed by atoms with van der Waals surface area (Å²) < 4.78 is 5.13. The highest BCUT2D eigenvalue weighted by Crippen LogP contribution is 2.25. The van der Waals surface area contributed by atoms with Gasteiger partial charge in [0.05, 0.1) is 25.4 Å². The van der Waals surface area contributed by atoms with Crippen LogP contribution in [0.2, 0.25) is 0 Å². The van der Waals surface area contributed by atoms with Crippen LogP contribution >= 0.6 is 0 Å². The molecule has 0 spiro atoms. The summed E-state index contributed by atoms with van der Waals surface area (Å²) in [6.45, 7) is 3.30. The number of anilines is 2. The molecule has 2 heterocycles. The van der Waals surface area contributed by atoms with Gasteiger partial charge in [0.15, 0.2) is 0 Å². The Morgan fingerprint density at radius 1 is 1.23 bits per heavy atom. The lowest BCUT2D eigenvalue weighted by Crippen LogP contribution is -2.39. The Bertz CT molecular complexity index is 713. The van der Waals surface area contributed by atoms with Gasteiger partial charge < -0.3 is 15.0 Å². The maximum Gasteiger partial charge on any atom is 0.228 e. The smallest absolute Gasteiger partial charge is 0.228 e. The fourth-order valence-corrected chi connectivity index (χ4v) is 3.49. The zero-order valence-corrected chi connectivity index (χ0v) is 15.6. The molecule has 1 N–H and O–H groups in total. The normalized spacial score (nSPS) is 17.0. The molecule has 1 amide bonds. The van der Waals surface area contributed by atoms with Crippen molar-refractivity contribution in [2.45, 2.75) is 45.1 Å². The molecule has 5 nitrogen and oxygen atoms in total. The van der Waals surface area contributed by atoms with E-state index in [4.69, 9.17) is 4.74 Å². The number of ether oxygens (including phenoxy) is 1. The molecule has 2 aromatic rings. The molecule has 1 unspecified atom stereocenters. The second-order valence-electron chi connectivity index (χ2n) is 6.73. The van der Waals surface area contributed by atoms with E-state index in [1.807, 2.05) is 36.4 Å². The highest BCUT2D eigenvalue weighted by Gasteiger charge is 2.21. The maximum absolute atomic E-state index is 12.2. The molecule has 138 valence electrons. The molecule has 5 heteroatoms. The van der Waals surface area contributed by atoms with Crippen molar-refractivity contribution in [3.63, 3.8) is 0 Å². The first-order valence-corrected chi connectivity index (χ1v) is 9.35. The summed E-state index contributed by atoms with van der Waals surface area (Å²) in [5.41, 5.74) is 1.68. The predicted octanol–water partition coefficient (Wildman–Crippen LogP) is 4.04. The number of nitrogens with zero attached hydrogens (tertiary/aromatic N) is 2. The minimum atomic E-state index is -0.0471. The molecule has 1 saturated heterocycles. The van der Waals surface area contributed by atoms with Gasteiger partial charge in [0.1, 0.15) is 11.6 Å². The second kappa shape index (κ2) is 8.70. The van der Waals surface area contributed by atoms with Crippen molar-refractivity contribution in [3.05, 3.63) is 48.2 Å². The van der Waals surface area contributed by atoms with Crippen LogP contribution in [-0.4, -0.2) is 30.6 Å². The Kier molecular flexibility index (Phi) is 6.10. The predicted molar refractivity (Wildman–Crippen MR) is 105 cm³/mol. The van der Waals surface area contributed by atoms with Crippen LogP contribution in [0.5, 0.6) is 5.75 Å². The van der Waals surface area contributed by atoms with E-state index in [2.05, 4.69) is 22.1 Å². The van der Waals surface area contributed by atoms with E-state index in [1.54, 1.807) is 13.3 Å². The van der Waals surface area contributed by atoms with E-state index in [0.29, 0.717) is 12.5 Å². The molecular formula is C21H27N3O2. The number of methoxy groups -OCH3 is 1. The molecule has 1 aliphatic rings. The van der Waals surface area contributed by atoms with Crippen molar-refractivity contribution >= 4 is 17.4 Å². The monoisotopic (exact) mass is 353 g/mol. The van der Waals surface area contributed by atoms with Crippen molar-refractivity contribution in [2.24, 2.45) is 0 Å². The lowest BCUT2D eigenvalue weighted by Gasteiger charge is -2.36. The Morgan fingerprint density at radius 2 is 2.04 bits per heavy atom. The third-order valence-electron chi connectivity index (χ3n) is 4.95. The Labute approximate surface area is 155 Å². The van der Waals surface area contributed by atoms with Gasteiger partial charge in [-0.2, -0.15) is 0 Å². The molecule has 0 bridgehead atoms. The molecule has 1 aromatic heterocycles. The third-order valence-corrected chi connectivity index (χ3v) is 4.95. The summed E-state index contributed by atoms with van der Waals surface area (Å²) in [5.74, 6) is 1.75. The number of piperidine rings is 1. The van der Waals surface area contributed by atoms with Crippen LogP contribution in [-0.2, 0) is 11.2 Å². The van der Waals surface area contributed by atoms with Gasteiger partial charge in [-0.15, -0.1) is 0 Å². The van der Waals surface area contributed by atoms with E-state index >= 15 is 0 Å². The van der Waals surface area contributed by atoms with Gasteiger partial charge in [-0.1, -0.05) is 19.1 Å². The maximum atomic E-state index is 12.2. The van der Waals surface area contributed by atoms with Crippen LogP contribution in [0.25, 0.3) is 0 Å². The van der Waals surface area contributed by atoms with Crippen molar-refractivity contribution in [3.8, 4) is 5.75 Å². The summed E-state index contributed by atoms with van der Waals surface area (Å²) in [6, 6.07) is 12.1. The van der Waals surface area contributed by atoms with Gasteiger partial charge in [0, 0.05) is 12.6 Å². The number of carbonyl (C=O) groups is 1. The van der Waals surface area contributed by atoms with E-state index in [1.165, 1.54) is 19.3 Å². The average Bonchev–Trinajstić information content (AvgIpc) is 2.69. The van der Waals surface area contributed by atoms with E-state index in [9.17, 15) is 4.79 Å². The third kappa shape index (κ3) is 4.54. The van der Waals surface area contributed by atoms with Crippen LogP contribution in [0, 0.1) is 0 Å². The molecule has 1 atom stereocenters. The highest BCUT2D eigenvalue weighted by atomic mass is 16.5. The zero-order valence-electron chi connectivity index (χ0n) is 15.6. The van der Waals surface area contributed by atoms with E-state index in [0.717, 1.165) is 35.8 Å². The van der Waals surface area contributed by atoms with Crippen LogP contribution < -0.4 is 15.0 Å². The van der Waals surface area contributed by atoms with Gasteiger partial charge in [-0.05, 0) is 55.5 Å². The fraction of sp³-hybridized carbons (Fsp3) is 0.429. The van der Waals surface area contributed by atoms with Gasteiger partial charge in [-0.25, -0.2) is 4.98 Å². The van der Waals surface area contributed by atoms with E-state index in [-0.39, 0.29) is 5.91 Å². The number of amides is 1. The van der Waals surface area contributed by atoms with Crippen molar-refractivity contribution in [2.75, 3.05) is 23.9 Å². The number of hydrogen-bond donors (Lipinski definition) is 1. The summed E-state index contributed by atoms with van der Waals surface area (Å²) in [5, 5.41) is 2.92. The largest absolute Gasteiger partial charge is 0.497 e. The number of hydrogen-bond acceptors (Lipinski definition) is 4. The number of pyridine rings is 1. The summed E-state index contributed by atoms with van der Waals surface area (Å²) in [6.07, 6.45) is 6.98. The van der Waals surface area contributed by atoms with Gasteiger partial charge >= 0.3 is 0 Å². The second-order valence-corrected chi connectivity index (χ2v) is 6.73. The minimum Gasteiger partial charge on any atom is -0.497 e. The highest BCUT2D eigenvalue weighted by molar-refractivity contribution is 5.92. The molecule has 26 heavy (non-hydrogen) atoms. The number of aromatic nitrogens is 1. The van der Waals surface area contributed by atoms with Crippen LogP contribution in [0.4, 0.5) is 11.5 Å². The molecule has 1 fully saturated rings. The number of carbonyl (C=O) groups excluding carboxylic acids is 1. The molecule has 1 aromatic carbocycles. The lowest BCUT2D eigenvalue weighted by atomic mass is 10.00. The van der Waals surface area contributed by atoms with Crippen molar-refractivity contribution in [1.82, 2.24) is 4.98 Å². The Morgan fingerprint density at radius 3 is 2.69 bits per heavy atom. The van der Waals surface area contributed by atoms with Gasteiger partial charge in [0.2, 0.25) is 5.91 Å². The number of rotatable bonds is 6. The van der Waals surface area contributed by atoms with Crippen molar-refractivity contribution < 1.29 is 9.53 Å². The molecular weight excluding hydrogens is 326 g/mol. The zero-order chi connectivity index (χ0) is 18.4. The lowest BCUT2D eigenvalue weighted by molar-refractivity contribution is -0.115. The quantitative estimate of drug-likeness (QED) is 0.851. The average molecular weight is 353 g/mol. The minimum absolute atomic E-state index is 0.0471. The van der Waals surface area contributed by atoms with Crippen molar-refractivity contribution in [1.29, 1.82) is 0 Å². The first kappa shape index (κ1) is 18.2. The SMILES string of the molecule is CCC1CCCCN1c1ccc(NC(=O)Cc2ccc(OC)cc2)cn1. The molecule has 3 rings (SSSR count). The topological polar surface area (TPSA) is 54.5 Å². The standard InChI is InChI=1S/C21H27N3O2/c1-3-18-6-4-5-13-24(18)20-12-9-17(15-22-20)23-21(25)14-16-7-10-19(26-2)11-8-16/h7-12,15,18H,3-6,13-14H2,1-2H3,(H,23,25). The molecule has 0 saturated carbocycles. The number of benzene rings is 1. The summed E-state index contributed by atoms with van der Waals surface area (Å²) in [7, 11) is 1.63. The Hall–Kier alpha value is -2.56. The molecule has 0 radical (unpaired) electrons. The first-order chi connectivity index (χ1) is 12.7. The van der Waals surface area contributed by atoms with Gasteiger partial charge in [-0.3, -0.25) is 4.79 Å². The van der Waals surface area contributed by atoms with Gasteiger partial charge in [0.25, 0.3) is 0 Å². The van der Waals surface area contributed by atoms with E-state index < -0.39 is 0 Å². The van der Waals surface area contributed by atoms with Crippen LogP contribution in [0.1, 0.15) is 38.2 Å². The van der Waals surface area contributed by atoms with Crippen LogP contribution in [0.15, 0.2) is 42.6 Å². The fourth-order valence-electron chi connectivity index (χ4n) is 3.49. The van der Waals surface area contributed by atoms with Crippen LogP contribution in [0.3, 0.4) is 0 Å². The molecule has 0 aliphatic carbocycles. The summed E-state index contributed by atoms with van der Waals surface area (Å²) >= 11 is 0. The summed E-state index contributed by atoms with van der Waals surface area (Å²) in [4.78, 5) is 19.2. The first-order valence-electron chi connectivity index (χ1n) is 9.35.